The monoisotopic (exact) mass is 277 g/mol. The SMILES string of the molecule is CN(C)C(CNC(=O)C1CCCCC1)c1cccn1C. The Morgan fingerprint density at radius 3 is 2.65 bits per heavy atom. The molecule has 0 bridgehead atoms. The summed E-state index contributed by atoms with van der Waals surface area (Å²) in [6.45, 7) is 0.681. The summed E-state index contributed by atoms with van der Waals surface area (Å²) in [4.78, 5) is 14.4. The van der Waals surface area contributed by atoms with E-state index >= 15 is 0 Å². The van der Waals surface area contributed by atoms with Crippen LogP contribution in [0.25, 0.3) is 0 Å². The second kappa shape index (κ2) is 6.93. The van der Waals surface area contributed by atoms with Crippen molar-refractivity contribution in [2.75, 3.05) is 20.6 Å². The molecule has 112 valence electrons. The first-order chi connectivity index (χ1) is 9.59. The van der Waals surface area contributed by atoms with Gasteiger partial charge in [-0.3, -0.25) is 9.69 Å². The molecule has 1 aliphatic rings. The smallest absolute Gasteiger partial charge is 0.223 e. The molecule has 20 heavy (non-hydrogen) atoms. The molecule has 0 radical (unpaired) electrons. The van der Waals surface area contributed by atoms with Crippen LogP contribution in [0.1, 0.15) is 43.8 Å². The summed E-state index contributed by atoms with van der Waals surface area (Å²) in [7, 11) is 6.17. The average Bonchev–Trinajstić information content (AvgIpc) is 2.86. The van der Waals surface area contributed by atoms with Crippen LogP contribution in [-0.4, -0.2) is 36.0 Å². The van der Waals surface area contributed by atoms with Crippen molar-refractivity contribution in [1.82, 2.24) is 14.8 Å². The standard InChI is InChI=1S/C16H27N3O/c1-18(2)15(14-10-7-11-19(14)3)12-17-16(20)13-8-5-4-6-9-13/h7,10-11,13,15H,4-6,8-9,12H2,1-3H3,(H,17,20). The van der Waals surface area contributed by atoms with E-state index < -0.39 is 0 Å². The first-order valence-corrected chi connectivity index (χ1v) is 7.65. The maximum absolute atomic E-state index is 12.2. The van der Waals surface area contributed by atoms with Gasteiger partial charge in [0.05, 0.1) is 6.04 Å². The summed E-state index contributed by atoms with van der Waals surface area (Å²) >= 11 is 0. The summed E-state index contributed by atoms with van der Waals surface area (Å²) in [5, 5.41) is 3.16. The van der Waals surface area contributed by atoms with Gasteiger partial charge in [-0.05, 0) is 39.1 Å². The number of nitrogens with one attached hydrogen (secondary N) is 1. The normalized spacial score (nSPS) is 18.2. The second-order valence-corrected chi connectivity index (χ2v) is 6.10. The molecule has 1 aliphatic carbocycles. The average molecular weight is 277 g/mol. The second-order valence-electron chi connectivity index (χ2n) is 6.10. The van der Waals surface area contributed by atoms with Crippen LogP contribution in [0.5, 0.6) is 0 Å². The number of aromatic nitrogens is 1. The van der Waals surface area contributed by atoms with E-state index in [4.69, 9.17) is 0 Å². The molecule has 0 spiro atoms. The van der Waals surface area contributed by atoms with Crippen molar-refractivity contribution in [2.45, 2.75) is 38.1 Å². The molecule has 2 rings (SSSR count). The minimum Gasteiger partial charge on any atom is -0.354 e. The first kappa shape index (κ1) is 15.1. The van der Waals surface area contributed by atoms with Crippen LogP contribution in [0.3, 0.4) is 0 Å². The van der Waals surface area contributed by atoms with Gasteiger partial charge in [-0.15, -0.1) is 0 Å². The number of aryl methyl sites for hydroxylation is 1. The minimum absolute atomic E-state index is 0.225. The van der Waals surface area contributed by atoms with Crippen LogP contribution >= 0.6 is 0 Å². The topological polar surface area (TPSA) is 37.3 Å². The molecule has 1 atom stereocenters. The van der Waals surface area contributed by atoms with Gasteiger partial charge in [0.15, 0.2) is 0 Å². The lowest BCUT2D eigenvalue weighted by Gasteiger charge is -2.27. The van der Waals surface area contributed by atoms with Gasteiger partial charge in [0.1, 0.15) is 0 Å². The molecule has 0 aliphatic heterocycles. The lowest BCUT2D eigenvalue weighted by atomic mass is 9.88. The number of amides is 1. The molecule has 0 saturated heterocycles. The molecule has 1 unspecified atom stereocenters. The zero-order chi connectivity index (χ0) is 14.5. The molecule has 1 aromatic rings. The molecule has 4 nitrogen and oxygen atoms in total. The Hall–Kier alpha value is -1.29. The molecule has 1 aromatic heterocycles. The van der Waals surface area contributed by atoms with Crippen LogP contribution in [0.15, 0.2) is 18.3 Å². The molecule has 1 fully saturated rings. The van der Waals surface area contributed by atoms with Crippen LogP contribution in [0.2, 0.25) is 0 Å². The van der Waals surface area contributed by atoms with Crippen LogP contribution in [0, 0.1) is 5.92 Å². The number of hydrogen-bond acceptors (Lipinski definition) is 2. The van der Waals surface area contributed by atoms with Gasteiger partial charge < -0.3 is 9.88 Å². The Morgan fingerprint density at radius 2 is 2.10 bits per heavy atom. The Bertz CT molecular complexity index is 433. The van der Waals surface area contributed by atoms with E-state index in [0.717, 1.165) is 12.8 Å². The highest BCUT2D eigenvalue weighted by atomic mass is 16.1. The van der Waals surface area contributed by atoms with Crippen LogP contribution in [0.4, 0.5) is 0 Å². The van der Waals surface area contributed by atoms with E-state index in [1.54, 1.807) is 0 Å². The lowest BCUT2D eigenvalue weighted by molar-refractivity contribution is -0.126. The van der Waals surface area contributed by atoms with Gasteiger partial charge in [-0.25, -0.2) is 0 Å². The number of rotatable bonds is 5. The van der Waals surface area contributed by atoms with Gasteiger partial charge >= 0.3 is 0 Å². The molecule has 1 heterocycles. The number of hydrogen-bond donors (Lipinski definition) is 1. The Balaban J connectivity index is 1.92. The van der Waals surface area contributed by atoms with E-state index in [1.807, 2.05) is 0 Å². The van der Waals surface area contributed by atoms with Crippen molar-refractivity contribution >= 4 is 5.91 Å². The molecule has 0 aromatic carbocycles. The van der Waals surface area contributed by atoms with Crippen molar-refractivity contribution < 1.29 is 4.79 Å². The Labute approximate surface area is 122 Å². The largest absolute Gasteiger partial charge is 0.354 e. The highest BCUT2D eigenvalue weighted by molar-refractivity contribution is 5.78. The van der Waals surface area contributed by atoms with E-state index in [2.05, 4.69) is 54.3 Å². The number of carbonyl (C=O) groups is 1. The summed E-state index contributed by atoms with van der Waals surface area (Å²) in [6.07, 6.45) is 7.85. The molecule has 1 saturated carbocycles. The third kappa shape index (κ3) is 3.63. The number of nitrogens with zero attached hydrogens (tertiary/aromatic N) is 2. The van der Waals surface area contributed by atoms with E-state index in [9.17, 15) is 4.79 Å². The molecule has 1 amide bonds. The Kier molecular flexibility index (Phi) is 5.24. The molecule has 1 N–H and O–H groups in total. The highest BCUT2D eigenvalue weighted by Gasteiger charge is 2.23. The van der Waals surface area contributed by atoms with Gasteiger partial charge in [-0.1, -0.05) is 19.3 Å². The van der Waals surface area contributed by atoms with Gasteiger partial charge in [0, 0.05) is 31.4 Å². The van der Waals surface area contributed by atoms with E-state index in [0.29, 0.717) is 6.54 Å². The number of likely N-dealkylation sites (N-methyl/N-ethyl adjacent to an activating group) is 1. The van der Waals surface area contributed by atoms with Crippen molar-refractivity contribution in [2.24, 2.45) is 13.0 Å². The third-order valence-electron chi connectivity index (χ3n) is 4.39. The van der Waals surface area contributed by atoms with Crippen LogP contribution in [-0.2, 0) is 11.8 Å². The predicted octanol–water partition coefficient (Wildman–Crippen LogP) is 2.32. The number of carbonyl (C=O) groups excluding carboxylic acids is 1. The highest BCUT2D eigenvalue weighted by Crippen LogP contribution is 2.24. The van der Waals surface area contributed by atoms with Gasteiger partial charge in [0.2, 0.25) is 5.91 Å². The molecular weight excluding hydrogens is 250 g/mol. The zero-order valence-corrected chi connectivity index (χ0v) is 12.9. The summed E-state index contributed by atoms with van der Waals surface area (Å²) in [5.74, 6) is 0.478. The minimum atomic E-state index is 0.225. The maximum atomic E-state index is 12.2. The molecule has 4 heteroatoms. The van der Waals surface area contributed by atoms with E-state index in [1.165, 1.54) is 25.0 Å². The van der Waals surface area contributed by atoms with Gasteiger partial charge in [0.25, 0.3) is 0 Å². The van der Waals surface area contributed by atoms with E-state index in [-0.39, 0.29) is 17.9 Å². The summed E-state index contributed by atoms with van der Waals surface area (Å²) < 4.78 is 2.12. The van der Waals surface area contributed by atoms with Crippen molar-refractivity contribution in [3.63, 3.8) is 0 Å². The third-order valence-corrected chi connectivity index (χ3v) is 4.39. The summed E-state index contributed by atoms with van der Waals surface area (Å²) in [5.41, 5.74) is 1.24. The zero-order valence-electron chi connectivity index (χ0n) is 12.9. The quantitative estimate of drug-likeness (QED) is 0.897. The van der Waals surface area contributed by atoms with Crippen molar-refractivity contribution in [1.29, 1.82) is 0 Å². The van der Waals surface area contributed by atoms with Crippen LogP contribution < -0.4 is 5.32 Å². The predicted molar refractivity (Wildman–Crippen MR) is 81.4 cm³/mol. The molecular formula is C16H27N3O. The lowest BCUT2D eigenvalue weighted by Crippen LogP contribution is -2.38. The fourth-order valence-electron chi connectivity index (χ4n) is 3.08. The first-order valence-electron chi connectivity index (χ1n) is 7.65. The maximum Gasteiger partial charge on any atom is 0.223 e. The van der Waals surface area contributed by atoms with Crippen molar-refractivity contribution in [3.8, 4) is 0 Å². The fourth-order valence-corrected chi connectivity index (χ4v) is 3.08. The van der Waals surface area contributed by atoms with Gasteiger partial charge in [-0.2, -0.15) is 0 Å². The van der Waals surface area contributed by atoms with Crippen molar-refractivity contribution in [3.05, 3.63) is 24.0 Å². The fraction of sp³-hybridized carbons (Fsp3) is 0.688. The Morgan fingerprint density at radius 1 is 1.40 bits per heavy atom. The summed E-state index contributed by atoms with van der Waals surface area (Å²) in [6, 6.07) is 4.40.